The molecule has 0 aliphatic heterocycles. The van der Waals surface area contributed by atoms with Gasteiger partial charge in [0.1, 0.15) is 0 Å². The van der Waals surface area contributed by atoms with Crippen LogP contribution >= 0.6 is 0 Å². The molecule has 6 heteroatoms. The number of fused-ring (bicyclic) bond motifs is 6. The van der Waals surface area contributed by atoms with Crippen molar-refractivity contribution in [3.8, 4) is 34.5 Å². The lowest BCUT2D eigenvalue weighted by atomic mass is 9.93. The lowest BCUT2D eigenvalue weighted by molar-refractivity contribution is 0.259. The number of ether oxygens (including phenoxy) is 6. The standard InChI is InChI=1S/C54H84O6/c1-7-13-19-22-28-34-58-52-40-46-43(37-49(52)55-31-25-16-10-4)44-38-50(56-32-26-17-11-5)53(59-35-29-23-20-14-8-2)41-47(44)48-42-54(60-36-30-24-21-15-9-3)51(39-45(46)48)57-33-27-18-12-6/h37-42H,7-36H2,1-6H3. The molecule has 0 saturated carbocycles. The van der Waals surface area contributed by atoms with Gasteiger partial charge in [-0.25, -0.2) is 0 Å². The Morgan fingerprint density at radius 3 is 0.550 bits per heavy atom. The molecule has 0 N–H and O–H groups in total. The summed E-state index contributed by atoms with van der Waals surface area (Å²) < 4.78 is 39.8. The summed E-state index contributed by atoms with van der Waals surface area (Å²) in [5, 5.41) is 6.70. The van der Waals surface area contributed by atoms with E-state index < -0.39 is 0 Å². The molecule has 0 fully saturated rings. The van der Waals surface area contributed by atoms with Crippen molar-refractivity contribution in [1.29, 1.82) is 0 Å². The Balaban J connectivity index is 1.93. The highest BCUT2D eigenvalue weighted by Crippen LogP contribution is 2.47. The molecular formula is C54H84O6. The van der Waals surface area contributed by atoms with E-state index in [0.29, 0.717) is 39.6 Å². The Labute approximate surface area is 365 Å². The molecule has 4 aromatic carbocycles. The fourth-order valence-corrected chi connectivity index (χ4v) is 7.96. The van der Waals surface area contributed by atoms with Crippen LogP contribution in [0.15, 0.2) is 36.4 Å². The summed E-state index contributed by atoms with van der Waals surface area (Å²) in [5.74, 6) is 4.87. The Morgan fingerprint density at radius 2 is 0.367 bits per heavy atom. The molecular weight excluding hydrogens is 745 g/mol. The third kappa shape index (κ3) is 16.1. The largest absolute Gasteiger partial charge is 0.490 e. The molecule has 336 valence electrons. The average Bonchev–Trinajstić information content (AvgIpc) is 3.26. The van der Waals surface area contributed by atoms with E-state index in [2.05, 4.69) is 77.9 Å². The zero-order chi connectivity index (χ0) is 42.6. The number of hydrogen-bond acceptors (Lipinski definition) is 6. The summed E-state index contributed by atoms with van der Waals surface area (Å²) in [5.41, 5.74) is 0. The summed E-state index contributed by atoms with van der Waals surface area (Å²) in [7, 11) is 0. The van der Waals surface area contributed by atoms with Crippen molar-refractivity contribution in [3.63, 3.8) is 0 Å². The van der Waals surface area contributed by atoms with Crippen molar-refractivity contribution in [1.82, 2.24) is 0 Å². The minimum Gasteiger partial charge on any atom is -0.490 e. The zero-order valence-corrected chi connectivity index (χ0v) is 39.1. The van der Waals surface area contributed by atoms with Crippen LogP contribution in [-0.2, 0) is 0 Å². The van der Waals surface area contributed by atoms with Gasteiger partial charge < -0.3 is 28.4 Å². The van der Waals surface area contributed by atoms with E-state index in [1.807, 2.05) is 0 Å². The van der Waals surface area contributed by atoms with Gasteiger partial charge in [-0.05, 0) is 107 Å². The molecule has 0 spiro atoms. The first-order valence-corrected chi connectivity index (χ1v) is 24.9. The second-order valence-electron chi connectivity index (χ2n) is 17.0. The summed E-state index contributed by atoms with van der Waals surface area (Å²) in [6.07, 6.45) is 27.7. The molecule has 0 amide bonds. The Bertz CT molecular complexity index is 1770. The van der Waals surface area contributed by atoms with Crippen LogP contribution in [0, 0.1) is 0 Å². The van der Waals surface area contributed by atoms with Gasteiger partial charge in [0, 0.05) is 0 Å². The summed E-state index contributed by atoms with van der Waals surface area (Å²) in [6, 6.07) is 13.4. The van der Waals surface area contributed by atoms with Crippen LogP contribution in [-0.4, -0.2) is 39.6 Å². The molecule has 0 bridgehead atoms. The van der Waals surface area contributed by atoms with Crippen LogP contribution in [0.4, 0.5) is 0 Å². The molecule has 0 aliphatic carbocycles. The molecule has 0 saturated heterocycles. The summed E-state index contributed by atoms with van der Waals surface area (Å²) >= 11 is 0. The normalized spacial score (nSPS) is 11.5. The number of unbranched alkanes of at least 4 members (excludes halogenated alkanes) is 18. The summed E-state index contributed by atoms with van der Waals surface area (Å²) in [6.45, 7) is 17.5. The van der Waals surface area contributed by atoms with E-state index in [1.165, 1.54) is 77.0 Å². The zero-order valence-electron chi connectivity index (χ0n) is 39.1. The fourth-order valence-electron chi connectivity index (χ4n) is 7.96. The SMILES string of the molecule is CCCCCCCOc1cc2c(cc1OCCCCC)c1cc(OCCCCC)c(OCCCCCCC)cc1c1cc(OCCCCCCC)c(OCCCCC)cc21. The minimum absolute atomic E-state index is 0.661. The number of benzene rings is 4. The fraction of sp³-hybridized carbons (Fsp3) is 0.667. The third-order valence-electron chi connectivity index (χ3n) is 11.7. The molecule has 0 radical (unpaired) electrons. The molecule has 0 heterocycles. The Kier molecular flexibility index (Phi) is 24.3. The van der Waals surface area contributed by atoms with Gasteiger partial charge in [-0.1, -0.05) is 157 Å². The number of hydrogen-bond donors (Lipinski definition) is 0. The van der Waals surface area contributed by atoms with Crippen molar-refractivity contribution in [2.24, 2.45) is 0 Å². The van der Waals surface area contributed by atoms with Gasteiger partial charge in [0.15, 0.2) is 34.5 Å². The van der Waals surface area contributed by atoms with E-state index in [1.54, 1.807) is 0 Å². The van der Waals surface area contributed by atoms with Gasteiger partial charge in [-0.3, -0.25) is 0 Å². The maximum atomic E-state index is 6.66. The minimum atomic E-state index is 0.661. The predicted molar refractivity (Wildman–Crippen MR) is 257 cm³/mol. The highest BCUT2D eigenvalue weighted by atomic mass is 16.5. The monoisotopic (exact) mass is 829 g/mol. The molecule has 0 aliphatic rings. The maximum absolute atomic E-state index is 6.66. The van der Waals surface area contributed by atoms with Crippen LogP contribution in [0.25, 0.3) is 32.3 Å². The molecule has 0 unspecified atom stereocenters. The first-order valence-electron chi connectivity index (χ1n) is 24.9. The molecule has 0 atom stereocenters. The van der Waals surface area contributed by atoms with Crippen LogP contribution in [0.2, 0.25) is 0 Å². The second kappa shape index (κ2) is 29.7. The molecule has 4 aromatic rings. The van der Waals surface area contributed by atoms with Gasteiger partial charge in [0.05, 0.1) is 39.6 Å². The van der Waals surface area contributed by atoms with Crippen LogP contribution < -0.4 is 28.4 Å². The van der Waals surface area contributed by atoms with Crippen molar-refractivity contribution >= 4 is 32.3 Å². The van der Waals surface area contributed by atoms with Crippen molar-refractivity contribution in [3.05, 3.63) is 36.4 Å². The van der Waals surface area contributed by atoms with E-state index in [0.717, 1.165) is 144 Å². The quantitative estimate of drug-likeness (QED) is 0.0336. The van der Waals surface area contributed by atoms with Crippen molar-refractivity contribution in [2.75, 3.05) is 39.6 Å². The first kappa shape index (κ1) is 49.1. The van der Waals surface area contributed by atoms with E-state index >= 15 is 0 Å². The first-order chi connectivity index (χ1) is 29.6. The van der Waals surface area contributed by atoms with Gasteiger partial charge in [-0.2, -0.15) is 0 Å². The predicted octanol–water partition coefficient (Wildman–Crippen LogP) is 16.9. The second-order valence-corrected chi connectivity index (χ2v) is 17.0. The highest BCUT2D eigenvalue weighted by Gasteiger charge is 2.21. The Morgan fingerprint density at radius 1 is 0.217 bits per heavy atom. The summed E-state index contributed by atoms with van der Waals surface area (Å²) in [4.78, 5) is 0. The van der Waals surface area contributed by atoms with Crippen molar-refractivity contribution < 1.29 is 28.4 Å². The van der Waals surface area contributed by atoms with Crippen LogP contribution in [0.1, 0.15) is 196 Å². The topological polar surface area (TPSA) is 55.4 Å². The van der Waals surface area contributed by atoms with E-state index in [4.69, 9.17) is 28.4 Å². The highest BCUT2D eigenvalue weighted by molar-refractivity contribution is 6.26. The number of rotatable bonds is 36. The Hall–Kier alpha value is -3.54. The third-order valence-corrected chi connectivity index (χ3v) is 11.7. The average molecular weight is 829 g/mol. The lowest BCUT2D eigenvalue weighted by Gasteiger charge is -2.21. The molecule has 6 nitrogen and oxygen atoms in total. The van der Waals surface area contributed by atoms with Gasteiger partial charge in [-0.15, -0.1) is 0 Å². The van der Waals surface area contributed by atoms with Crippen molar-refractivity contribution in [2.45, 2.75) is 196 Å². The van der Waals surface area contributed by atoms with Crippen LogP contribution in [0.5, 0.6) is 34.5 Å². The van der Waals surface area contributed by atoms with Gasteiger partial charge in [0.25, 0.3) is 0 Å². The molecule has 60 heavy (non-hydrogen) atoms. The molecule has 0 aromatic heterocycles. The van der Waals surface area contributed by atoms with Gasteiger partial charge in [0.2, 0.25) is 0 Å². The smallest absolute Gasteiger partial charge is 0.161 e. The van der Waals surface area contributed by atoms with E-state index in [-0.39, 0.29) is 0 Å². The maximum Gasteiger partial charge on any atom is 0.161 e. The van der Waals surface area contributed by atoms with Crippen LogP contribution in [0.3, 0.4) is 0 Å². The van der Waals surface area contributed by atoms with E-state index in [9.17, 15) is 0 Å². The van der Waals surface area contributed by atoms with Gasteiger partial charge >= 0.3 is 0 Å². The lowest BCUT2D eigenvalue weighted by Crippen LogP contribution is -2.05. The molecule has 4 rings (SSSR count).